The number of phenolic OH excluding ortho intramolecular Hbond substituents is 1. The molecule has 10 heteroatoms. The zero-order chi connectivity index (χ0) is 18.7. The van der Waals surface area contributed by atoms with E-state index in [2.05, 4.69) is 20.4 Å². The molecule has 0 unspecified atom stereocenters. The van der Waals surface area contributed by atoms with Crippen molar-refractivity contribution >= 4 is 61.3 Å². The lowest BCUT2D eigenvalue weighted by molar-refractivity contribution is 0.0527. The molecule has 2 heterocycles. The van der Waals surface area contributed by atoms with E-state index in [1.165, 1.54) is 28.7 Å². The normalized spacial score (nSPS) is 11.5. The first-order valence-electron chi connectivity index (χ1n) is 7.84. The molecule has 3 rings (SSSR count). The molecule has 0 saturated heterocycles. The van der Waals surface area contributed by atoms with Crippen molar-refractivity contribution in [1.82, 2.24) is 10.2 Å². The molecular weight excluding hydrogens is 392 g/mol. The highest BCUT2D eigenvalue weighted by Gasteiger charge is 2.20. The molecule has 0 amide bonds. The zero-order valence-electron chi connectivity index (χ0n) is 14.3. The molecule has 0 fully saturated rings. The summed E-state index contributed by atoms with van der Waals surface area (Å²) in [5.74, 6) is 0.361. The molecule has 0 saturated carbocycles. The summed E-state index contributed by atoms with van der Waals surface area (Å²) in [5.41, 5.74) is 0.546. The van der Waals surface area contributed by atoms with E-state index < -0.39 is 5.97 Å². The molecule has 0 bridgehead atoms. The average Bonchev–Trinajstić information content (AvgIpc) is 3.21. The van der Waals surface area contributed by atoms with Crippen LogP contribution in [0.5, 0.6) is 5.75 Å². The number of azo groups is 1. The van der Waals surface area contributed by atoms with Gasteiger partial charge in [0.05, 0.1) is 16.9 Å². The molecule has 0 radical (unpaired) electrons. The average molecular weight is 409 g/mol. The molecule has 7 nitrogen and oxygen atoms in total. The number of nitrogens with zero attached hydrogens (tertiary/aromatic N) is 4. The van der Waals surface area contributed by atoms with E-state index in [1.807, 2.05) is 19.9 Å². The number of ether oxygens (including phenoxy) is 1. The van der Waals surface area contributed by atoms with Crippen LogP contribution in [0, 0.1) is 6.92 Å². The fourth-order valence-electron chi connectivity index (χ4n) is 2.27. The summed E-state index contributed by atoms with van der Waals surface area (Å²) in [6.45, 7) is 5.91. The van der Waals surface area contributed by atoms with Gasteiger partial charge in [-0.15, -0.1) is 31.8 Å². The lowest BCUT2D eigenvalue weighted by Crippen LogP contribution is -2.04. The quantitative estimate of drug-likeness (QED) is 0.330. The molecule has 0 aliphatic heterocycles. The highest BCUT2D eigenvalue weighted by atomic mass is 32.2. The van der Waals surface area contributed by atoms with Crippen molar-refractivity contribution in [3.63, 3.8) is 0 Å². The maximum Gasteiger partial charge on any atom is 0.340 e. The fourth-order valence-corrected chi connectivity index (χ4v) is 4.85. The molecule has 0 aliphatic carbocycles. The number of aromatic hydroxyl groups is 1. The first-order chi connectivity index (χ1) is 12.5. The predicted octanol–water partition coefficient (Wildman–Crippen LogP) is 5.47. The third kappa shape index (κ3) is 3.87. The molecule has 26 heavy (non-hydrogen) atoms. The molecule has 136 valence electrons. The van der Waals surface area contributed by atoms with E-state index >= 15 is 0 Å². The number of phenols is 1. The second kappa shape index (κ2) is 8.11. The number of benzene rings is 1. The van der Waals surface area contributed by atoms with Gasteiger partial charge in [0.1, 0.15) is 11.4 Å². The van der Waals surface area contributed by atoms with Crippen molar-refractivity contribution in [2.45, 2.75) is 25.1 Å². The van der Waals surface area contributed by atoms with Crippen molar-refractivity contribution in [3.05, 3.63) is 22.6 Å². The van der Waals surface area contributed by atoms with Crippen LogP contribution >= 0.6 is 34.4 Å². The Morgan fingerprint density at radius 1 is 1.27 bits per heavy atom. The smallest absolute Gasteiger partial charge is 0.340 e. The summed E-state index contributed by atoms with van der Waals surface area (Å²) in [6.07, 6.45) is 0. The van der Waals surface area contributed by atoms with Crippen LogP contribution in [-0.2, 0) is 4.74 Å². The van der Waals surface area contributed by atoms with E-state index in [-0.39, 0.29) is 17.9 Å². The minimum absolute atomic E-state index is 0.0175. The van der Waals surface area contributed by atoms with Crippen LogP contribution in [0.2, 0.25) is 0 Å². The Balaban J connectivity index is 2.08. The van der Waals surface area contributed by atoms with Crippen LogP contribution < -0.4 is 0 Å². The van der Waals surface area contributed by atoms with Gasteiger partial charge in [0.15, 0.2) is 4.34 Å². The standard InChI is InChI=1S/C16H16N4O3S3/c1-4-23-14(22)10-7-11(21)9-6-8(3)25-13(9)12(10)17-18-15-19-20-16(26-15)24-5-2/h6-7,21H,4-5H2,1-3H3. The minimum Gasteiger partial charge on any atom is -0.507 e. The Labute approximate surface area is 162 Å². The number of esters is 1. The molecule has 1 aromatic carbocycles. The summed E-state index contributed by atoms with van der Waals surface area (Å²) >= 11 is 4.34. The summed E-state index contributed by atoms with van der Waals surface area (Å²) in [5, 5.41) is 27.7. The zero-order valence-corrected chi connectivity index (χ0v) is 16.8. The number of hydrogen-bond donors (Lipinski definition) is 1. The number of fused-ring (bicyclic) bond motifs is 1. The Hall–Kier alpha value is -2.04. The SMILES string of the molecule is CCOC(=O)c1cc(O)c2cc(C)sc2c1N=Nc1nnc(SCC)s1. The van der Waals surface area contributed by atoms with Gasteiger partial charge in [-0.05, 0) is 31.7 Å². The monoisotopic (exact) mass is 408 g/mol. The molecule has 1 N–H and O–H groups in total. The predicted molar refractivity (Wildman–Crippen MR) is 105 cm³/mol. The van der Waals surface area contributed by atoms with Crippen molar-refractivity contribution in [3.8, 4) is 5.75 Å². The highest BCUT2D eigenvalue weighted by molar-refractivity contribution is 8.01. The largest absolute Gasteiger partial charge is 0.507 e. The van der Waals surface area contributed by atoms with Crippen molar-refractivity contribution in [1.29, 1.82) is 0 Å². The van der Waals surface area contributed by atoms with Crippen molar-refractivity contribution in [2.75, 3.05) is 12.4 Å². The van der Waals surface area contributed by atoms with Gasteiger partial charge < -0.3 is 9.84 Å². The highest BCUT2D eigenvalue weighted by Crippen LogP contribution is 2.42. The van der Waals surface area contributed by atoms with Crippen LogP contribution in [0.15, 0.2) is 26.7 Å². The number of aryl methyl sites for hydroxylation is 1. The number of rotatable bonds is 6. The number of hydrogen-bond acceptors (Lipinski definition) is 10. The van der Waals surface area contributed by atoms with Crippen LogP contribution in [-0.4, -0.2) is 33.6 Å². The second-order valence-electron chi connectivity index (χ2n) is 5.10. The van der Waals surface area contributed by atoms with Gasteiger partial charge in [-0.2, -0.15) is 0 Å². The molecule has 0 atom stereocenters. The van der Waals surface area contributed by atoms with E-state index in [1.54, 1.807) is 18.7 Å². The second-order valence-corrected chi connectivity index (χ2v) is 8.82. The summed E-state index contributed by atoms with van der Waals surface area (Å²) in [7, 11) is 0. The maximum atomic E-state index is 12.3. The minimum atomic E-state index is -0.552. The van der Waals surface area contributed by atoms with E-state index in [0.717, 1.165) is 15.0 Å². The van der Waals surface area contributed by atoms with Crippen molar-refractivity contribution < 1.29 is 14.6 Å². The Morgan fingerprint density at radius 3 is 2.81 bits per heavy atom. The summed E-state index contributed by atoms with van der Waals surface area (Å²) in [4.78, 5) is 13.3. The maximum absolute atomic E-state index is 12.3. The van der Waals surface area contributed by atoms with Gasteiger partial charge in [0.25, 0.3) is 5.13 Å². The van der Waals surface area contributed by atoms with E-state index in [4.69, 9.17) is 4.74 Å². The lowest BCUT2D eigenvalue weighted by Gasteiger charge is -2.07. The van der Waals surface area contributed by atoms with Crippen molar-refractivity contribution in [2.24, 2.45) is 10.2 Å². The van der Waals surface area contributed by atoms with Crippen LogP contribution in [0.3, 0.4) is 0 Å². The topological polar surface area (TPSA) is 97.0 Å². The fraction of sp³-hybridized carbons (Fsp3) is 0.312. The van der Waals surface area contributed by atoms with Gasteiger partial charge in [0, 0.05) is 10.3 Å². The number of carbonyl (C=O) groups is 1. The molecule has 0 spiro atoms. The third-order valence-electron chi connectivity index (χ3n) is 3.28. The van der Waals surface area contributed by atoms with Crippen LogP contribution in [0.25, 0.3) is 10.1 Å². The number of aromatic nitrogens is 2. The van der Waals surface area contributed by atoms with E-state index in [9.17, 15) is 9.90 Å². The first kappa shape index (κ1) is 18.7. The van der Waals surface area contributed by atoms with Crippen LogP contribution in [0.1, 0.15) is 29.1 Å². The first-order valence-corrected chi connectivity index (χ1v) is 10.5. The molecular formula is C16H16N4O3S3. The summed E-state index contributed by atoms with van der Waals surface area (Å²) < 4.78 is 6.59. The lowest BCUT2D eigenvalue weighted by atomic mass is 10.1. The van der Waals surface area contributed by atoms with E-state index in [0.29, 0.717) is 20.9 Å². The Bertz CT molecular complexity index is 981. The van der Waals surface area contributed by atoms with Gasteiger partial charge >= 0.3 is 5.97 Å². The van der Waals surface area contributed by atoms with Gasteiger partial charge in [-0.3, -0.25) is 0 Å². The van der Waals surface area contributed by atoms with Gasteiger partial charge in [0.2, 0.25) is 0 Å². The summed E-state index contributed by atoms with van der Waals surface area (Å²) in [6, 6.07) is 3.23. The number of carbonyl (C=O) groups excluding carboxylic acids is 1. The molecule has 2 aromatic heterocycles. The Kier molecular flexibility index (Phi) is 5.84. The van der Waals surface area contributed by atoms with Gasteiger partial charge in [-0.25, -0.2) is 4.79 Å². The Morgan fingerprint density at radius 2 is 2.08 bits per heavy atom. The molecule has 0 aliphatic rings. The molecule has 3 aromatic rings. The third-order valence-corrected chi connectivity index (χ3v) is 6.16. The van der Waals surface area contributed by atoms with Gasteiger partial charge in [-0.1, -0.05) is 30.0 Å². The number of thiophene rings is 1. The number of thioether (sulfide) groups is 1. The van der Waals surface area contributed by atoms with Crippen LogP contribution in [0.4, 0.5) is 10.8 Å².